The molecule has 1 rings (SSSR count). The van der Waals surface area contributed by atoms with E-state index >= 15 is 0 Å². The van der Waals surface area contributed by atoms with E-state index < -0.39 is 5.97 Å². The molecule has 0 heterocycles. The van der Waals surface area contributed by atoms with E-state index in [2.05, 4.69) is 32.6 Å². The van der Waals surface area contributed by atoms with Gasteiger partial charge in [0.05, 0.1) is 16.9 Å². The minimum Gasteiger partial charge on any atom is -0.478 e. The van der Waals surface area contributed by atoms with Gasteiger partial charge in [-0.05, 0) is 51.8 Å². The summed E-state index contributed by atoms with van der Waals surface area (Å²) in [5.41, 5.74) is 13.4. The third-order valence-electron chi connectivity index (χ3n) is 3.57. The highest BCUT2D eigenvalue weighted by atomic mass is 16.4. The van der Waals surface area contributed by atoms with Crippen LogP contribution >= 0.6 is 0 Å². The Morgan fingerprint density at radius 2 is 1.75 bits per heavy atom. The molecule has 0 aliphatic heterocycles. The molecule has 0 aliphatic carbocycles. The fraction of sp³-hybridized carbons (Fsp3) is 0.533. The Bertz CT molecular complexity index is 476. The first-order valence-electron chi connectivity index (χ1n) is 6.91. The summed E-state index contributed by atoms with van der Waals surface area (Å²) in [5.74, 6) is -0.965. The van der Waals surface area contributed by atoms with E-state index in [0.29, 0.717) is 35.4 Å². The highest BCUT2D eigenvalue weighted by Crippen LogP contribution is 2.25. The number of carboxylic acid groups (broad SMARTS) is 1. The number of carboxylic acids is 1. The first-order chi connectivity index (χ1) is 9.25. The van der Waals surface area contributed by atoms with Crippen molar-refractivity contribution in [1.29, 1.82) is 0 Å². The van der Waals surface area contributed by atoms with Gasteiger partial charge in [0.2, 0.25) is 0 Å². The number of hydrogen-bond donors (Lipinski definition) is 3. The lowest BCUT2D eigenvalue weighted by Crippen LogP contribution is -2.38. The van der Waals surface area contributed by atoms with Gasteiger partial charge in [-0.15, -0.1) is 0 Å². The Morgan fingerprint density at radius 1 is 1.20 bits per heavy atom. The first kappa shape index (κ1) is 16.3. The van der Waals surface area contributed by atoms with Crippen molar-refractivity contribution >= 4 is 17.3 Å². The predicted molar refractivity (Wildman–Crippen MR) is 82.9 cm³/mol. The predicted octanol–water partition coefficient (Wildman–Crippen LogP) is 2.21. The lowest BCUT2D eigenvalue weighted by molar-refractivity contribution is 0.0695. The van der Waals surface area contributed by atoms with Crippen LogP contribution < -0.4 is 11.5 Å². The monoisotopic (exact) mass is 279 g/mol. The van der Waals surface area contributed by atoms with Gasteiger partial charge in [-0.3, -0.25) is 4.90 Å². The zero-order valence-corrected chi connectivity index (χ0v) is 12.7. The van der Waals surface area contributed by atoms with Gasteiger partial charge < -0.3 is 16.6 Å². The Labute approximate surface area is 120 Å². The van der Waals surface area contributed by atoms with Crippen molar-refractivity contribution in [3.8, 4) is 0 Å². The molecule has 5 nitrogen and oxygen atoms in total. The van der Waals surface area contributed by atoms with Gasteiger partial charge in [0.15, 0.2) is 0 Å². The molecule has 0 fully saturated rings. The van der Waals surface area contributed by atoms with E-state index in [1.807, 2.05) is 0 Å². The van der Waals surface area contributed by atoms with E-state index in [9.17, 15) is 9.90 Å². The molecule has 1 aromatic carbocycles. The Morgan fingerprint density at radius 3 is 2.20 bits per heavy atom. The number of nitrogens with two attached hydrogens (primary N) is 2. The molecule has 0 atom stereocenters. The lowest BCUT2D eigenvalue weighted by Gasteiger charge is -2.30. The maximum Gasteiger partial charge on any atom is 0.336 e. The van der Waals surface area contributed by atoms with Crippen molar-refractivity contribution < 1.29 is 9.90 Å². The summed E-state index contributed by atoms with van der Waals surface area (Å²) in [7, 11) is 0. The van der Waals surface area contributed by atoms with Crippen molar-refractivity contribution in [2.45, 2.75) is 46.2 Å². The molecule has 0 spiro atoms. The molecule has 0 amide bonds. The van der Waals surface area contributed by atoms with E-state index in [0.717, 1.165) is 6.54 Å². The summed E-state index contributed by atoms with van der Waals surface area (Å²) >= 11 is 0. The zero-order chi connectivity index (χ0) is 15.4. The van der Waals surface area contributed by atoms with Gasteiger partial charge >= 0.3 is 5.97 Å². The van der Waals surface area contributed by atoms with E-state index in [1.54, 1.807) is 6.07 Å². The number of nitrogens with zero attached hydrogens (tertiary/aromatic N) is 1. The Kier molecular flexibility index (Phi) is 5.39. The van der Waals surface area contributed by atoms with E-state index in [4.69, 9.17) is 11.5 Å². The summed E-state index contributed by atoms with van der Waals surface area (Å²) in [6.45, 7) is 9.26. The van der Waals surface area contributed by atoms with Crippen LogP contribution in [-0.4, -0.2) is 34.6 Å². The Hall–Kier alpha value is -1.75. The molecular weight excluding hydrogens is 254 g/mol. The smallest absolute Gasteiger partial charge is 0.336 e. The maximum absolute atomic E-state index is 11.3. The van der Waals surface area contributed by atoms with Crippen molar-refractivity contribution in [3.63, 3.8) is 0 Å². The summed E-state index contributed by atoms with van der Waals surface area (Å²) < 4.78 is 0. The van der Waals surface area contributed by atoms with Gasteiger partial charge in [0, 0.05) is 18.6 Å². The second-order valence-electron chi connectivity index (χ2n) is 5.58. The largest absolute Gasteiger partial charge is 0.478 e. The van der Waals surface area contributed by atoms with Gasteiger partial charge in [0.1, 0.15) is 0 Å². The van der Waals surface area contributed by atoms with Gasteiger partial charge in [-0.25, -0.2) is 4.79 Å². The van der Waals surface area contributed by atoms with Crippen LogP contribution in [0.4, 0.5) is 11.4 Å². The van der Waals surface area contributed by atoms with E-state index in [-0.39, 0.29) is 5.56 Å². The van der Waals surface area contributed by atoms with Crippen LogP contribution in [0, 0.1) is 0 Å². The molecular formula is C15H25N3O2. The number of benzene rings is 1. The molecule has 0 radical (unpaired) electrons. The average molecular weight is 279 g/mol. The minimum absolute atomic E-state index is 0.240. The van der Waals surface area contributed by atoms with Crippen LogP contribution in [0.3, 0.4) is 0 Å². The summed E-state index contributed by atoms with van der Waals surface area (Å²) in [6, 6.07) is 3.86. The fourth-order valence-corrected chi connectivity index (χ4v) is 2.51. The summed E-state index contributed by atoms with van der Waals surface area (Å²) in [5, 5.41) is 9.25. The third-order valence-corrected chi connectivity index (χ3v) is 3.57. The van der Waals surface area contributed by atoms with Crippen LogP contribution in [0.25, 0.3) is 0 Å². The first-order valence-corrected chi connectivity index (χ1v) is 6.91. The van der Waals surface area contributed by atoms with Crippen LogP contribution in [-0.2, 0) is 6.42 Å². The molecule has 0 unspecified atom stereocenters. The number of hydrogen-bond acceptors (Lipinski definition) is 4. The Balaban J connectivity index is 3.02. The number of nitrogen functional groups attached to an aromatic ring is 2. The van der Waals surface area contributed by atoms with Crippen LogP contribution in [0.2, 0.25) is 0 Å². The number of carbonyl (C=O) groups is 1. The van der Waals surface area contributed by atoms with Gasteiger partial charge in [0.25, 0.3) is 0 Å². The van der Waals surface area contributed by atoms with Crippen LogP contribution in [0.1, 0.15) is 43.6 Å². The fourth-order valence-electron chi connectivity index (χ4n) is 2.51. The SMILES string of the molecule is CC(C)N(CCc1c(C(=O)O)ccc(N)c1N)C(C)C. The minimum atomic E-state index is -0.965. The second-order valence-corrected chi connectivity index (χ2v) is 5.58. The third kappa shape index (κ3) is 3.63. The molecule has 0 aromatic heterocycles. The van der Waals surface area contributed by atoms with Gasteiger partial charge in [-0.1, -0.05) is 0 Å². The van der Waals surface area contributed by atoms with Crippen LogP contribution in [0.15, 0.2) is 12.1 Å². The summed E-state index contributed by atoms with van der Waals surface area (Å²) in [6.07, 6.45) is 0.578. The lowest BCUT2D eigenvalue weighted by atomic mass is 10.00. The molecule has 5 heteroatoms. The number of anilines is 2. The van der Waals surface area contributed by atoms with E-state index in [1.165, 1.54) is 6.07 Å². The van der Waals surface area contributed by atoms with Crippen molar-refractivity contribution in [2.24, 2.45) is 0 Å². The quantitative estimate of drug-likeness (QED) is 0.694. The van der Waals surface area contributed by atoms with Crippen molar-refractivity contribution in [2.75, 3.05) is 18.0 Å². The van der Waals surface area contributed by atoms with Crippen molar-refractivity contribution in [1.82, 2.24) is 4.90 Å². The molecule has 20 heavy (non-hydrogen) atoms. The molecule has 0 saturated heterocycles. The molecule has 112 valence electrons. The molecule has 0 aliphatic rings. The van der Waals surface area contributed by atoms with Crippen molar-refractivity contribution in [3.05, 3.63) is 23.3 Å². The van der Waals surface area contributed by atoms with Crippen LogP contribution in [0.5, 0.6) is 0 Å². The molecule has 1 aromatic rings. The van der Waals surface area contributed by atoms with Gasteiger partial charge in [-0.2, -0.15) is 0 Å². The maximum atomic E-state index is 11.3. The second kappa shape index (κ2) is 6.61. The number of aromatic carboxylic acids is 1. The molecule has 5 N–H and O–H groups in total. The molecule has 0 bridgehead atoms. The number of rotatable bonds is 6. The zero-order valence-electron chi connectivity index (χ0n) is 12.7. The average Bonchev–Trinajstić information content (AvgIpc) is 2.33. The molecule has 0 saturated carbocycles. The topological polar surface area (TPSA) is 92.6 Å². The standard InChI is InChI=1S/C15H25N3O2/c1-9(2)18(10(3)4)8-7-11-12(15(19)20)5-6-13(16)14(11)17/h5-6,9-10H,7-8,16-17H2,1-4H3,(H,19,20). The highest BCUT2D eigenvalue weighted by Gasteiger charge is 2.18. The summed E-state index contributed by atoms with van der Waals surface area (Å²) in [4.78, 5) is 13.6. The normalized spacial score (nSPS) is 11.6. The highest BCUT2D eigenvalue weighted by molar-refractivity contribution is 5.93.